The lowest BCUT2D eigenvalue weighted by atomic mass is 10.2. The lowest BCUT2D eigenvalue weighted by Crippen LogP contribution is -2.39. The topological polar surface area (TPSA) is 27.3 Å². The molecule has 0 spiro atoms. The molecule has 0 aromatic heterocycles. The van der Waals surface area contributed by atoms with E-state index < -0.39 is 0 Å². The summed E-state index contributed by atoms with van der Waals surface area (Å²) in [6.07, 6.45) is 3.92. The number of hydrogen-bond donors (Lipinski definition) is 2. The average molecular weight is 213 g/mol. The Kier molecular flexibility index (Phi) is 6.22. The van der Waals surface area contributed by atoms with Gasteiger partial charge in [0.15, 0.2) is 0 Å². The van der Waals surface area contributed by atoms with Crippen LogP contribution in [0.15, 0.2) is 0 Å². The van der Waals surface area contributed by atoms with Gasteiger partial charge in [0.25, 0.3) is 0 Å². The van der Waals surface area contributed by atoms with Crippen LogP contribution in [0.5, 0.6) is 0 Å². The molecule has 3 heteroatoms. The first kappa shape index (κ1) is 12.9. The van der Waals surface area contributed by atoms with Crippen molar-refractivity contribution in [3.05, 3.63) is 0 Å². The Labute approximate surface area is 94.6 Å². The van der Waals surface area contributed by atoms with Gasteiger partial charge >= 0.3 is 0 Å². The Morgan fingerprint density at radius 3 is 2.93 bits per heavy atom. The van der Waals surface area contributed by atoms with Crippen molar-refractivity contribution in [3.8, 4) is 0 Å². The van der Waals surface area contributed by atoms with E-state index in [1.807, 2.05) is 0 Å². The smallest absolute Gasteiger partial charge is 0.0192 e. The first-order chi connectivity index (χ1) is 7.24. The number of hydrogen-bond acceptors (Lipinski definition) is 3. The van der Waals surface area contributed by atoms with Gasteiger partial charge in [-0.25, -0.2) is 0 Å². The first-order valence-corrected chi connectivity index (χ1v) is 6.38. The highest BCUT2D eigenvalue weighted by molar-refractivity contribution is 4.76. The summed E-state index contributed by atoms with van der Waals surface area (Å²) in [6.45, 7) is 9.14. The van der Waals surface area contributed by atoms with Crippen molar-refractivity contribution in [1.29, 1.82) is 0 Å². The zero-order valence-corrected chi connectivity index (χ0v) is 10.6. The predicted molar refractivity (Wildman–Crippen MR) is 66.3 cm³/mol. The van der Waals surface area contributed by atoms with Gasteiger partial charge in [-0.05, 0) is 39.8 Å². The Bertz CT molecular complexity index is 155. The van der Waals surface area contributed by atoms with Gasteiger partial charge in [-0.2, -0.15) is 0 Å². The normalized spacial score (nSPS) is 23.6. The minimum absolute atomic E-state index is 0.705. The van der Waals surface area contributed by atoms with Gasteiger partial charge in [0.2, 0.25) is 0 Å². The highest BCUT2D eigenvalue weighted by Gasteiger charge is 2.13. The summed E-state index contributed by atoms with van der Waals surface area (Å²) in [5.74, 6) is 0. The SMILES string of the molecule is CCC(C)N(C)CCNCC1CCCN1. The number of nitrogens with one attached hydrogen (secondary N) is 2. The molecule has 2 unspecified atom stereocenters. The molecule has 2 atom stereocenters. The van der Waals surface area contributed by atoms with Crippen LogP contribution in [-0.4, -0.2) is 50.2 Å². The molecule has 15 heavy (non-hydrogen) atoms. The molecular weight excluding hydrogens is 186 g/mol. The van der Waals surface area contributed by atoms with Crippen LogP contribution < -0.4 is 10.6 Å². The van der Waals surface area contributed by atoms with Gasteiger partial charge in [0.05, 0.1) is 0 Å². The zero-order valence-electron chi connectivity index (χ0n) is 10.6. The van der Waals surface area contributed by atoms with Gasteiger partial charge in [-0.3, -0.25) is 0 Å². The van der Waals surface area contributed by atoms with Crippen LogP contribution in [0.2, 0.25) is 0 Å². The van der Waals surface area contributed by atoms with Crippen LogP contribution in [0.4, 0.5) is 0 Å². The quantitative estimate of drug-likeness (QED) is 0.619. The summed E-state index contributed by atoms with van der Waals surface area (Å²) in [6, 6.07) is 1.43. The lowest BCUT2D eigenvalue weighted by Gasteiger charge is -2.23. The Balaban J connectivity index is 1.96. The molecule has 0 amide bonds. The maximum absolute atomic E-state index is 3.53. The van der Waals surface area contributed by atoms with E-state index in [0.29, 0.717) is 6.04 Å². The molecule has 0 radical (unpaired) electrons. The highest BCUT2D eigenvalue weighted by atomic mass is 15.1. The van der Waals surface area contributed by atoms with Crippen molar-refractivity contribution in [2.75, 3.05) is 33.2 Å². The second kappa shape index (κ2) is 7.20. The fourth-order valence-corrected chi connectivity index (χ4v) is 1.99. The second-order valence-electron chi connectivity index (χ2n) is 4.74. The fourth-order valence-electron chi connectivity index (χ4n) is 1.99. The molecular formula is C12H27N3. The monoisotopic (exact) mass is 213 g/mol. The largest absolute Gasteiger partial charge is 0.314 e. The van der Waals surface area contributed by atoms with E-state index in [-0.39, 0.29) is 0 Å². The van der Waals surface area contributed by atoms with Crippen molar-refractivity contribution in [2.24, 2.45) is 0 Å². The Hall–Kier alpha value is -0.120. The van der Waals surface area contributed by atoms with Crippen LogP contribution in [0, 0.1) is 0 Å². The van der Waals surface area contributed by atoms with E-state index in [1.54, 1.807) is 0 Å². The molecule has 0 saturated carbocycles. The minimum atomic E-state index is 0.705. The summed E-state index contributed by atoms with van der Waals surface area (Å²) < 4.78 is 0. The zero-order chi connectivity index (χ0) is 11.1. The van der Waals surface area contributed by atoms with Gasteiger partial charge in [-0.1, -0.05) is 6.92 Å². The minimum Gasteiger partial charge on any atom is -0.314 e. The van der Waals surface area contributed by atoms with E-state index in [4.69, 9.17) is 0 Å². The van der Waals surface area contributed by atoms with Gasteiger partial charge in [0.1, 0.15) is 0 Å². The third-order valence-electron chi connectivity index (χ3n) is 3.54. The molecule has 0 bridgehead atoms. The molecule has 1 rings (SSSR count). The van der Waals surface area contributed by atoms with Crippen molar-refractivity contribution in [1.82, 2.24) is 15.5 Å². The van der Waals surface area contributed by atoms with Crippen molar-refractivity contribution in [3.63, 3.8) is 0 Å². The number of nitrogens with zero attached hydrogens (tertiary/aromatic N) is 1. The summed E-state index contributed by atoms with van der Waals surface area (Å²) >= 11 is 0. The third kappa shape index (κ3) is 4.96. The van der Waals surface area contributed by atoms with E-state index in [2.05, 4.69) is 36.4 Å². The van der Waals surface area contributed by atoms with Gasteiger partial charge in [0, 0.05) is 31.7 Å². The molecule has 90 valence electrons. The molecule has 1 saturated heterocycles. The fraction of sp³-hybridized carbons (Fsp3) is 1.00. The summed E-state index contributed by atoms with van der Waals surface area (Å²) in [5, 5.41) is 7.04. The van der Waals surface area contributed by atoms with Gasteiger partial charge in [-0.15, -0.1) is 0 Å². The van der Waals surface area contributed by atoms with E-state index in [1.165, 1.54) is 25.8 Å². The van der Waals surface area contributed by atoms with Crippen molar-refractivity contribution < 1.29 is 0 Å². The molecule has 0 aliphatic carbocycles. The van der Waals surface area contributed by atoms with Crippen LogP contribution in [0.3, 0.4) is 0 Å². The maximum Gasteiger partial charge on any atom is 0.0192 e. The second-order valence-corrected chi connectivity index (χ2v) is 4.74. The summed E-state index contributed by atoms with van der Waals surface area (Å²) in [7, 11) is 2.21. The Morgan fingerprint density at radius 2 is 2.33 bits per heavy atom. The summed E-state index contributed by atoms with van der Waals surface area (Å²) in [5.41, 5.74) is 0. The highest BCUT2D eigenvalue weighted by Crippen LogP contribution is 2.03. The van der Waals surface area contributed by atoms with E-state index >= 15 is 0 Å². The molecule has 2 N–H and O–H groups in total. The van der Waals surface area contributed by atoms with Crippen LogP contribution in [0.25, 0.3) is 0 Å². The van der Waals surface area contributed by atoms with Crippen molar-refractivity contribution >= 4 is 0 Å². The first-order valence-electron chi connectivity index (χ1n) is 6.38. The van der Waals surface area contributed by atoms with E-state index in [9.17, 15) is 0 Å². The number of likely N-dealkylation sites (N-methyl/N-ethyl adjacent to an activating group) is 1. The molecule has 1 aliphatic heterocycles. The van der Waals surface area contributed by atoms with Crippen molar-refractivity contribution in [2.45, 2.75) is 45.2 Å². The van der Waals surface area contributed by atoms with Crippen LogP contribution in [0.1, 0.15) is 33.1 Å². The van der Waals surface area contributed by atoms with Crippen LogP contribution in [-0.2, 0) is 0 Å². The molecule has 3 nitrogen and oxygen atoms in total. The molecule has 0 aromatic rings. The molecule has 0 aromatic carbocycles. The average Bonchev–Trinajstić information content (AvgIpc) is 2.75. The Morgan fingerprint density at radius 1 is 1.53 bits per heavy atom. The molecule has 1 fully saturated rings. The van der Waals surface area contributed by atoms with Crippen LogP contribution >= 0.6 is 0 Å². The van der Waals surface area contributed by atoms with Gasteiger partial charge < -0.3 is 15.5 Å². The predicted octanol–water partition coefficient (Wildman–Crippen LogP) is 1.06. The van der Waals surface area contributed by atoms with E-state index in [0.717, 1.165) is 25.7 Å². The number of rotatable bonds is 7. The third-order valence-corrected chi connectivity index (χ3v) is 3.54. The summed E-state index contributed by atoms with van der Waals surface area (Å²) in [4.78, 5) is 2.43. The lowest BCUT2D eigenvalue weighted by molar-refractivity contribution is 0.251. The molecule has 1 heterocycles. The standard InChI is InChI=1S/C12H27N3/c1-4-11(2)15(3)9-8-13-10-12-6-5-7-14-12/h11-14H,4-10H2,1-3H3. The molecule has 1 aliphatic rings. The maximum atomic E-state index is 3.53.